The van der Waals surface area contributed by atoms with Gasteiger partial charge in [0.05, 0.1) is 0 Å². The fraction of sp³-hybridized carbons (Fsp3) is 0.368. The Labute approximate surface area is 133 Å². The van der Waals surface area contributed by atoms with Crippen molar-refractivity contribution in [1.29, 1.82) is 0 Å². The molecule has 2 aromatic rings. The maximum atomic E-state index is 9.78. The summed E-state index contributed by atoms with van der Waals surface area (Å²) >= 11 is 0. The lowest BCUT2D eigenvalue weighted by atomic mass is 9.97. The fourth-order valence-corrected chi connectivity index (χ4v) is 2.17. The molecule has 3 heteroatoms. The van der Waals surface area contributed by atoms with Crippen LogP contribution in [0, 0.1) is 13.8 Å². The third-order valence-corrected chi connectivity index (χ3v) is 3.28. The average molecular weight is 304 g/mol. The van der Waals surface area contributed by atoms with E-state index in [1.165, 1.54) is 0 Å². The van der Waals surface area contributed by atoms with Crippen LogP contribution in [-0.2, 0) is 6.42 Å². The molecule has 0 saturated carbocycles. The minimum absolute atomic E-state index is 0.341. The molecule has 0 spiro atoms. The second kappa shape index (κ2) is 9.85. The fourth-order valence-electron chi connectivity index (χ4n) is 2.17. The van der Waals surface area contributed by atoms with Crippen molar-refractivity contribution in [2.24, 2.45) is 0 Å². The Morgan fingerprint density at radius 3 is 1.77 bits per heavy atom. The number of phenolic OH excluding ortho intramolecular Hbond substituents is 2. The van der Waals surface area contributed by atoms with E-state index in [0.717, 1.165) is 41.3 Å². The first-order chi connectivity index (χ1) is 10.5. The Kier molecular flexibility index (Phi) is 8.95. The first kappa shape index (κ1) is 20.0. The summed E-state index contributed by atoms with van der Waals surface area (Å²) in [6.07, 6.45) is 0.801. The standard InChI is InChI=1S/C16H18O2.C2H6.CH4O/c1-4-12-9-13(5-6-15(12)17)14-7-10(2)16(18)11(3)8-14;2*1-2/h5-9,17-18H,4H2,1-3H3;1-2H3;2H,1H3. The van der Waals surface area contributed by atoms with Gasteiger partial charge in [0, 0.05) is 7.11 Å². The molecule has 0 unspecified atom stereocenters. The summed E-state index contributed by atoms with van der Waals surface area (Å²) in [6.45, 7) is 9.81. The summed E-state index contributed by atoms with van der Waals surface area (Å²) in [7, 11) is 1.00. The van der Waals surface area contributed by atoms with E-state index in [1.54, 1.807) is 6.07 Å². The number of rotatable bonds is 2. The van der Waals surface area contributed by atoms with Gasteiger partial charge >= 0.3 is 0 Å². The molecule has 0 bridgehead atoms. The molecule has 0 fully saturated rings. The lowest BCUT2D eigenvalue weighted by Crippen LogP contribution is -1.87. The minimum Gasteiger partial charge on any atom is -0.508 e. The van der Waals surface area contributed by atoms with E-state index in [-0.39, 0.29) is 0 Å². The van der Waals surface area contributed by atoms with Gasteiger partial charge in [0.15, 0.2) is 0 Å². The third-order valence-electron chi connectivity index (χ3n) is 3.28. The summed E-state index contributed by atoms with van der Waals surface area (Å²) in [5.41, 5.74) is 4.82. The van der Waals surface area contributed by atoms with Crippen molar-refractivity contribution in [3.8, 4) is 22.6 Å². The Balaban J connectivity index is 0.00000102. The van der Waals surface area contributed by atoms with Crippen molar-refractivity contribution in [3.05, 3.63) is 47.0 Å². The number of aromatic hydroxyl groups is 2. The zero-order valence-electron chi connectivity index (χ0n) is 14.4. The van der Waals surface area contributed by atoms with Crippen LogP contribution in [0.15, 0.2) is 30.3 Å². The lowest BCUT2D eigenvalue weighted by Gasteiger charge is -2.10. The summed E-state index contributed by atoms with van der Waals surface area (Å²) in [5, 5.41) is 26.5. The van der Waals surface area contributed by atoms with Gasteiger partial charge in [0.25, 0.3) is 0 Å². The van der Waals surface area contributed by atoms with E-state index in [0.29, 0.717) is 11.5 Å². The highest BCUT2D eigenvalue weighted by Crippen LogP contribution is 2.31. The van der Waals surface area contributed by atoms with Crippen LogP contribution >= 0.6 is 0 Å². The molecular formula is C19H28O3. The second-order valence-electron chi connectivity index (χ2n) is 4.66. The number of aliphatic hydroxyl groups is 1. The van der Waals surface area contributed by atoms with Gasteiger partial charge in [-0.05, 0) is 72.4 Å². The summed E-state index contributed by atoms with van der Waals surface area (Å²) in [5.74, 6) is 0.696. The Hall–Kier alpha value is -2.00. The average Bonchev–Trinajstić information content (AvgIpc) is 2.56. The summed E-state index contributed by atoms with van der Waals surface area (Å²) in [6, 6.07) is 9.56. The third kappa shape index (κ3) is 4.78. The Morgan fingerprint density at radius 1 is 0.818 bits per heavy atom. The summed E-state index contributed by atoms with van der Waals surface area (Å²) in [4.78, 5) is 0. The first-order valence-electron chi connectivity index (χ1n) is 7.60. The molecule has 22 heavy (non-hydrogen) atoms. The molecule has 0 aromatic heterocycles. The van der Waals surface area contributed by atoms with Crippen LogP contribution in [0.25, 0.3) is 11.1 Å². The predicted octanol–water partition coefficient (Wildman–Crippen LogP) is 4.58. The van der Waals surface area contributed by atoms with E-state index in [1.807, 2.05) is 58.9 Å². The summed E-state index contributed by atoms with van der Waals surface area (Å²) < 4.78 is 0. The quantitative estimate of drug-likeness (QED) is 0.761. The first-order valence-corrected chi connectivity index (χ1v) is 7.60. The molecule has 0 heterocycles. The largest absolute Gasteiger partial charge is 0.508 e. The molecule has 0 aliphatic carbocycles. The molecule has 0 amide bonds. The van der Waals surface area contributed by atoms with Crippen molar-refractivity contribution in [1.82, 2.24) is 0 Å². The molecule has 2 aromatic carbocycles. The van der Waals surface area contributed by atoms with Gasteiger partial charge in [0.1, 0.15) is 11.5 Å². The highest BCUT2D eigenvalue weighted by atomic mass is 16.3. The Bertz CT molecular complexity index is 566. The van der Waals surface area contributed by atoms with E-state index in [2.05, 4.69) is 0 Å². The molecule has 0 atom stereocenters. The van der Waals surface area contributed by atoms with Crippen LogP contribution in [0.5, 0.6) is 11.5 Å². The van der Waals surface area contributed by atoms with Crippen molar-refractivity contribution in [3.63, 3.8) is 0 Å². The zero-order valence-corrected chi connectivity index (χ0v) is 14.4. The second-order valence-corrected chi connectivity index (χ2v) is 4.66. The van der Waals surface area contributed by atoms with Crippen LogP contribution in [0.3, 0.4) is 0 Å². The highest BCUT2D eigenvalue weighted by Gasteiger charge is 2.07. The minimum atomic E-state index is 0.341. The smallest absolute Gasteiger partial charge is 0.121 e. The van der Waals surface area contributed by atoms with Gasteiger partial charge in [-0.3, -0.25) is 0 Å². The number of aryl methyl sites for hydroxylation is 3. The number of aliphatic hydroxyl groups excluding tert-OH is 1. The number of hydrogen-bond acceptors (Lipinski definition) is 3. The van der Waals surface area contributed by atoms with E-state index in [9.17, 15) is 10.2 Å². The molecule has 0 saturated heterocycles. The van der Waals surface area contributed by atoms with E-state index in [4.69, 9.17) is 5.11 Å². The van der Waals surface area contributed by atoms with E-state index < -0.39 is 0 Å². The maximum absolute atomic E-state index is 9.78. The normalized spacial score (nSPS) is 9.23. The topological polar surface area (TPSA) is 60.7 Å². The monoisotopic (exact) mass is 304 g/mol. The van der Waals surface area contributed by atoms with Gasteiger partial charge in [-0.25, -0.2) is 0 Å². The molecule has 0 aliphatic heterocycles. The number of phenols is 2. The van der Waals surface area contributed by atoms with Gasteiger partial charge < -0.3 is 15.3 Å². The van der Waals surface area contributed by atoms with E-state index >= 15 is 0 Å². The molecule has 0 radical (unpaired) electrons. The van der Waals surface area contributed by atoms with Gasteiger partial charge in [-0.1, -0.05) is 26.8 Å². The molecular weight excluding hydrogens is 276 g/mol. The van der Waals surface area contributed by atoms with Crippen LogP contribution in [0.1, 0.15) is 37.5 Å². The van der Waals surface area contributed by atoms with Crippen LogP contribution < -0.4 is 0 Å². The van der Waals surface area contributed by atoms with Crippen LogP contribution in [0.4, 0.5) is 0 Å². The molecule has 3 N–H and O–H groups in total. The van der Waals surface area contributed by atoms with Crippen molar-refractivity contribution in [2.45, 2.75) is 41.0 Å². The SMILES string of the molecule is CC.CCc1cc(-c2cc(C)c(O)c(C)c2)ccc1O.CO. The van der Waals surface area contributed by atoms with Crippen molar-refractivity contribution < 1.29 is 15.3 Å². The molecule has 3 nitrogen and oxygen atoms in total. The van der Waals surface area contributed by atoms with Gasteiger partial charge in [-0.2, -0.15) is 0 Å². The van der Waals surface area contributed by atoms with Gasteiger partial charge in [0.2, 0.25) is 0 Å². The number of hydrogen-bond donors (Lipinski definition) is 3. The van der Waals surface area contributed by atoms with Crippen LogP contribution in [-0.4, -0.2) is 22.4 Å². The van der Waals surface area contributed by atoms with Gasteiger partial charge in [-0.15, -0.1) is 0 Å². The lowest BCUT2D eigenvalue weighted by molar-refractivity contribution is 0.399. The Morgan fingerprint density at radius 2 is 1.32 bits per heavy atom. The maximum Gasteiger partial charge on any atom is 0.121 e. The molecule has 122 valence electrons. The predicted molar refractivity (Wildman–Crippen MR) is 93.6 cm³/mol. The molecule has 0 aliphatic rings. The van der Waals surface area contributed by atoms with Crippen molar-refractivity contribution >= 4 is 0 Å². The van der Waals surface area contributed by atoms with Crippen LogP contribution in [0.2, 0.25) is 0 Å². The highest BCUT2D eigenvalue weighted by molar-refractivity contribution is 5.68. The van der Waals surface area contributed by atoms with Crippen molar-refractivity contribution in [2.75, 3.05) is 7.11 Å². The molecule has 2 rings (SSSR count). The zero-order chi connectivity index (χ0) is 17.3. The number of benzene rings is 2.